The molecule has 0 bridgehead atoms. The minimum Gasteiger partial charge on any atom is -0.478 e. The van der Waals surface area contributed by atoms with E-state index in [1.165, 1.54) is 0 Å². The molecule has 0 saturated heterocycles. The van der Waals surface area contributed by atoms with E-state index < -0.39 is 12.1 Å². The molecule has 1 atom stereocenters. The fourth-order valence-electron chi connectivity index (χ4n) is 2.26. The molecule has 0 radical (unpaired) electrons. The molecule has 0 spiro atoms. The van der Waals surface area contributed by atoms with Crippen molar-refractivity contribution in [3.05, 3.63) is 88.4 Å². The summed E-state index contributed by atoms with van der Waals surface area (Å²) in [5, 5.41) is 10.6. The summed E-state index contributed by atoms with van der Waals surface area (Å²) in [6.07, 6.45) is -1.14. The number of rotatable bonds is 6. The number of benzene rings is 3. The lowest BCUT2D eigenvalue weighted by Crippen LogP contribution is -2.18. The number of ether oxygens (including phenoxy) is 2. The molecule has 0 fully saturated rings. The van der Waals surface area contributed by atoms with Crippen LogP contribution in [0.25, 0.3) is 0 Å². The Labute approximate surface area is 160 Å². The van der Waals surface area contributed by atoms with Crippen molar-refractivity contribution in [1.82, 2.24) is 0 Å². The first-order chi connectivity index (χ1) is 12.5. The van der Waals surface area contributed by atoms with Crippen molar-refractivity contribution in [1.29, 1.82) is 0 Å². The molecule has 0 aromatic heterocycles. The Hall–Kier alpha value is -2.69. The molecule has 0 aliphatic carbocycles. The summed E-state index contributed by atoms with van der Waals surface area (Å²) >= 11 is 11.7. The Morgan fingerprint density at radius 1 is 0.731 bits per heavy atom. The van der Waals surface area contributed by atoms with Crippen LogP contribution >= 0.6 is 23.2 Å². The van der Waals surface area contributed by atoms with Gasteiger partial charge in [-0.15, -0.1) is 0 Å². The minimum atomic E-state index is -1.14. The first kappa shape index (κ1) is 18.1. The molecule has 0 aliphatic heterocycles. The average molecular weight is 389 g/mol. The molecule has 0 heterocycles. The quantitative estimate of drug-likeness (QED) is 0.563. The van der Waals surface area contributed by atoms with Crippen LogP contribution in [0.5, 0.6) is 17.2 Å². The molecular formula is C20H14Cl2O4. The molecule has 3 aromatic carbocycles. The summed E-state index contributed by atoms with van der Waals surface area (Å²) in [6, 6.07) is 20.2. The first-order valence-corrected chi connectivity index (χ1v) is 8.45. The smallest absolute Gasteiger partial charge is 0.349 e. The van der Waals surface area contributed by atoms with Gasteiger partial charge in [-0.3, -0.25) is 0 Å². The van der Waals surface area contributed by atoms with E-state index in [2.05, 4.69) is 0 Å². The van der Waals surface area contributed by atoms with E-state index in [4.69, 9.17) is 32.7 Å². The van der Waals surface area contributed by atoms with Crippen molar-refractivity contribution in [2.75, 3.05) is 0 Å². The van der Waals surface area contributed by atoms with Crippen LogP contribution in [0.15, 0.2) is 72.8 Å². The predicted octanol–water partition coefficient (Wildman–Crippen LogP) is 5.99. The second kappa shape index (κ2) is 8.13. The number of carbonyl (C=O) groups is 1. The van der Waals surface area contributed by atoms with Gasteiger partial charge in [0.25, 0.3) is 0 Å². The Morgan fingerprint density at radius 3 is 1.62 bits per heavy atom. The largest absolute Gasteiger partial charge is 0.478 e. The zero-order valence-corrected chi connectivity index (χ0v) is 14.9. The minimum absolute atomic E-state index is 0.420. The molecule has 1 N–H and O–H groups in total. The summed E-state index contributed by atoms with van der Waals surface area (Å²) in [4.78, 5) is 11.6. The average Bonchev–Trinajstić information content (AvgIpc) is 2.64. The van der Waals surface area contributed by atoms with Gasteiger partial charge >= 0.3 is 5.97 Å². The summed E-state index contributed by atoms with van der Waals surface area (Å²) in [5.41, 5.74) is 0.496. The Bertz CT molecular complexity index is 875. The van der Waals surface area contributed by atoms with Gasteiger partial charge in [0.05, 0.1) is 0 Å². The number of carboxylic acid groups (broad SMARTS) is 1. The SMILES string of the molecule is O=C(O)[C@H](Oc1ccc(Cl)cc1)c1ccc(Oc2ccc(Cl)cc2)cc1. The molecule has 3 rings (SSSR count). The molecule has 0 unspecified atom stereocenters. The van der Waals surface area contributed by atoms with E-state index in [0.717, 1.165) is 0 Å². The highest BCUT2D eigenvalue weighted by molar-refractivity contribution is 6.30. The number of halogens is 2. The van der Waals surface area contributed by atoms with Gasteiger partial charge < -0.3 is 14.6 Å². The zero-order valence-electron chi connectivity index (χ0n) is 13.4. The maximum atomic E-state index is 11.6. The Balaban J connectivity index is 1.74. The normalized spacial score (nSPS) is 11.6. The van der Waals surface area contributed by atoms with E-state index in [1.807, 2.05) is 0 Å². The maximum absolute atomic E-state index is 11.6. The van der Waals surface area contributed by atoms with E-state index in [-0.39, 0.29) is 0 Å². The second-order valence-corrected chi connectivity index (χ2v) is 6.29. The number of aliphatic carboxylic acids is 1. The van der Waals surface area contributed by atoms with E-state index in [0.29, 0.717) is 32.9 Å². The van der Waals surface area contributed by atoms with Crippen LogP contribution in [0.2, 0.25) is 10.0 Å². The van der Waals surface area contributed by atoms with E-state index in [1.54, 1.807) is 72.8 Å². The molecular weight excluding hydrogens is 375 g/mol. The maximum Gasteiger partial charge on any atom is 0.349 e. The lowest BCUT2D eigenvalue weighted by molar-refractivity contribution is -0.145. The van der Waals surface area contributed by atoms with Gasteiger partial charge in [0, 0.05) is 15.6 Å². The third kappa shape index (κ3) is 4.69. The van der Waals surface area contributed by atoms with Gasteiger partial charge in [-0.05, 0) is 60.7 Å². The first-order valence-electron chi connectivity index (χ1n) is 7.70. The van der Waals surface area contributed by atoms with Crippen LogP contribution in [-0.2, 0) is 4.79 Å². The van der Waals surface area contributed by atoms with E-state index >= 15 is 0 Å². The predicted molar refractivity (Wildman–Crippen MR) is 100 cm³/mol. The van der Waals surface area contributed by atoms with Crippen molar-refractivity contribution in [2.45, 2.75) is 6.10 Å². The van der Waals surface area contributed by atoms with Crippen LogP contribution < -0.4 is 9.47 Å². The number of carboxylic acids is 1. The fourth-order valence-corrected chi connectivity index (χ4v) is 2.51. The van der Waals surface area contributed by atoms with Gasteiger partial charge in [-0.25, -0.2) is 4.79 Å². The molecule has 0 aliphatic rings. The molecule has 132 valence electrons. The summed E-state index contributed by atoms with van der Waals surface area (Å²) in [5.74, 6) is 0.538. The lowest BCUT2D eigenvalue weighted by atomic mass is 10.1. The molecule has 4 nitrogen and oxygen atoms in total. The lowest BCUT2D eigenvalue weighted by Gasteiger charge is -2.16. The van der Waals surface area contributed by atoms with Gasteiger partial charge in [-0.1, -0.05) is 35.3 Å². The summed E-state index contributed by atoms with van der Waals surface area (Å²) < 4.78 is 11.3. The summed E-state index contributed by atoms with van der Waals surface area (Å²) in [6.45, 7) is 0. The third-order valence-corrected chi connectivity index (χ3v) is 4.03. The van der Waals surface area contributed by atoms with Crippen molar-refractivity contribution in [3.63, 3.8) is 0 Å². The molecule has 0 saturated carbocycles. The molecule has 0 amide bonds. The van der Waals surface area contributed by atoms with Crippen LogP contribution in [0, 0.1) is 0 Å². The fraction of sp³-hybridized carbons (Fsp3) is 0.0500. The molecule has 6 heteroatoms. The topological polar surface area (TPSA) is 55.8 Å². The van der Waals surface area contributed by atoms with Gasteiger partial charge in [-0.2, -0.15) is 0 Å². The monoisotopic (exact) mass is 388 g/mol. The Kier molecular flexibility index (Phi) is 5.66. The highest BCUT2D eigenvalue weighted by Crippen LogP contribution is 2.27. The highest BCUT2D eigenvalue weighted by Gasteiger charge is 2.22. The second-order valence-electron chi connectivity index (χ2n) is 5.42. The van der Waals surface area contributed by atoms with E-state index in [9.17, 15) is 9.90 Å². The van der Waals surface area contributed by atoms with Crippen LogP contribution in [-0.4, -0.2) is 11.1 Å². The molecule has 3 aromatic rings. The van der Waals surface area contributed by atoms with Gasteiger partial charge in [0.15, 0.2) is 0 Å². The van der Waals surface area contributed by atoms with Crippen molar-refractivity contribution in [3.8, 4) is 17.2 Å². The van der Waals surface area contributed by atoms with Crippen molar-refractivity contribution >= 4 is 29.2 Å². The number of hydrogen-bond donors (Lipinski definition) is 1. The Morgan fingerprint density at radius 2 is 1.15 bits per heavy atom. The standard InChI is InChI=1S/C20H14Cl2O4/c21-14-3-9-17(10-4-14)25-16-7-1-13(2-8-16)19(20(23)24)26-18-11-5-15(22)6-12-18/h1-12,19H,(H,23,24)/t19-/m1/s1. The number of hydrogen-bond acceptors (Lipinski definition) is 3. The highest BCUT2D eigenvalue weighted by atomic mass is 35.5. The van der Waals surface area contributed by atoms with Crippen LogP contribution in [0.1, 0.15) is 11.7 Å². The van der Waals surface area contributed by atoms with Gasteiger partial charge in [0.2, 0.25) is 6.10 Å². The zero-order chi connectivity index (χ0) is 18.5. The van der Waals surface area contributed by atoms with Crippen molar-refractivity contribution in [2.24, 2.45) is 0 Å². The van der Waals surface area contributed by atoms with Crippen LogP contribution in [0.3, 0.4) is 0 Å². The van der Waals surface area contributed by atoms with Crippen LogP contribution in [0.4, 0.5) is 0 Å². The third-order valence-electron chi connectivity index (χ3n) is 3.52. The molecule has 26 heavy (non-hydrogen) atoms. The van der Waals surface area contributed by atoms with Crippen molar-refractivity contribution < 1.29 is 19.4 Å². The van der Waals surface area contributed by atoms with Gasteiger partial charge in [0.1, 0.15) is 17.2 Å². The summed E-state index contributed by atoms with van der Waals surface area (Å²) in [7, 11) is 0.